The van der Waals surface area contributed by atoms with Crippen LogP contribution in [-0.2, 0) is 32.5 Å². The van der Waals surface area contributed by atoms with Crippen LogP contribution in [-0.4, -0.2) is 96.7 Å². The maximum Gasteiger partial charge on any atom is 0.248 e. The van der Waals surface area contributed by atoms with E-state index < -0.39 is 10.0 Å². The first-order valence-electron chi connectivity index (χ1n) is 12.1. The van der Waals surface area contributed by atoms with Gasteiger partial charge in [-0.2, -0.15) is 4.31 Å². The molecule has 1 amide bonds. The highest BCUT2D eigenvalue weighted by molar-refractivity contribution is 7.89. The Labute approximate surface area is 217 Å². The van der Waals surface area contributed by atoms with Crippen molar-refractivity contribution in [3.05, 3.63) is 58.7 Å². The van der Waals surface area contributed by atoms with Crippen LogP contribution in [0.25, 0.3) is 0 Å². The number of carbonyl (C=O) groups excluding carboxylic acids is 1. The Morgan fingerprint density at radius 3 is 2.06 bits per heavy atom. The zero-order chi connectivity index (χ0) is 27.1. The minimum absolute atomic E-state index is 0.105. The second kappa shape index (κ2) is 12.7. The van der Waals surface area contributed by atoms with Crippen LogP contribution in [0.1, 0.15) is 22.3 Å². The van der Waals surface area contributed by atoms with Gasteiger partial charge >= 0.3 is 0 Å². The van der Waals surface area contributed by atoms with Crippen molar-refractivity contribution in [2.45, 2.75) is 31.7 Å². The van der Waals surface area contributed by atoms with E-state index in [1.807, 2.05) is 0 Å². The number of sulfonamides is 1. The largest absolute Gasteiger partial charge is 0.497 e. The third-order valence-corrected chi connectivity index (χ3v) is 8.22. The number of methoxy groups -OCH3 is 1. The van der Waals surface area contributed by atoms with Crippen molar-refractivity contribution < 1.29 is 27.2 Å². The van der Waals surface area contributed by atoms with Gasteiger partial charge in [0, 0.05) is 33.6 Å². The first kappa shape index (κ1) is 29.8. The van der Waals surface area contributed by atoms with E-state index in [9.17, 15) is 13.2 Å². The number of quaternary nitrogens is 1. The molecule has 0 aliphatic rings. The smallest absolute Gasteiger partial charge is 0.248 e. The number of hydrogen-bond acceptors (Lipinski definition) is 5. The normalized spacial score (nSPS) is 12.1. The summed E-state index contributed by atoms with van der Waals surface area (Å²) >= 11 is 0. The Hall–Kier alpha value is -2.46. The minimum atomic E-state index is -3.70. The second-order valence-electron chi connectivity index (χ2n) is 10.3. The Morgan fingerprint density at radius 1 is 0.972 bits per heavy atom. The molecule has 0 saturated carbocycles. The van der Waals surface area contributed by atoms with Gasteiger partial charge in [-0.15, -0.1) is 0 Å². The SMILES string of the molecule is COc1cc(C)c(S(=O)(=O)N(C)CCOCC(=O)N(C)Cc2ccc(CC[N+](C)(C)C)cc2)c(C)c1. The minimum Gasteiger partial charge on any atom is -0.497 e. The lowest BCUT2D eigenvalue weighted by Crippen LogP contribution is -2.36. The summed E-state index contributed by atoms with van der Waals surface area (Å²) in [6.07, 6.45) is 1.01. The standard InChI is InChI=1S/C27H42N3O5S/c1-21-17-25(34-8)18-22(2)27(21)36(32,33)29(4)14-16-35-20-26(31)28(3)19-24-11-9-23(10-12-24)13-15-30(5,6)7/h9-12,17-18H,13-16,19-20H2,1-8H3/q+1. The van der Waals surface area contributed by atoms with Crippen LogP contribution in [0.4, 0.5) is 0 Å². The molecule has 0 aliphatic heterocycles. The molecule has 0 unspecified atom stereocenters. The molecule has 2 aromatic carbocycles. The van der Waals surface area contributed by atoms with Gasteiger partial charge in [0.15, 0.2) is 0 Å². The maximum atomic E-state index is 13.1. The molecule has 2 aromatic rings. The maximum absolute atomic E-state index is 13.1. The van der Waals surface area contributed by atoms with Crippen molar-refractivity contribution in [2.24, 2.45) is 0 Å². The first-order valence-corrected chi connectivity index (χ1v) is 13.5. The average molecular weight is 521 g/mol. The first-order chi connectivity index (χ1) is 16.7. The molecule has 0 radical (unpaired) electrons. The number of likely N-dealkylation sites (N-methyl/N-ethyl adjacent to an activating group) is 3. The van der Waals surface area contributed by atoms with Gasteiger partial charge in [0.05, 0.1) is 46.3 Å². The van der Waals surface area contributed by atoms with Gasteiger partial charge in [-0.1, -0.05) is 24.3 Å². The van der Waals surface area contributed by atoms with Gasteiger partial charge in [0.25, 0.3) is 0 Å². The van der Waals surface area contributed by atoms with Crippen LogP contribution in [0.3, 0.4) is 0 Å². The number of ether oxygens (including phenoxy) is 2. The van der Waals surface area contributed by atoms with E-state index in [-0.39, 0.29) is 30.6 Å². The molecule has 0 saturated heterocycles. The molecule has 0 N–H and O–H groups in total. The second-order valence-corrected chi connectivity index (χ2v) is 12.3. The molecule has 0 heterocycles. The molecule has 9 heteroatoms. The quantitative estimate of drug-likeness (QED) is 0.300. The van der Waals surface area contributed by atoms with Crippen LogP contribution in [0.2, 0.25) is 0 Å². The summed E-state index contributed by atoms with van der Waals surface area (Å²) in [7, 11) is 7.64. The van der Waals surface area contributed by atoms with E-state index in [2.05, 4.69) is 45.4 Å². The van der Waals surface area contributed by atoms with Crippen molar-refractivity contribution in [2.75, 3.05) is 68.7 Å². The van der Waals surface area contributed by atoms with Crippen molar-refractivity contribution in [3.8, 4) is 5.75 Å². The van der Waals surface area contributed by atoms with Crippen LogP contribution in [0.15, 0.2) is 41.3 Å². The third kappa shape index (κ3) is 8.58. The number of amides is 1. The van der Waals surface area contributed by atoms with Gasteiger partial charge < -0.3 is 18.9 Å². The highest BCUT2D eigenvalue weighted by Crippen LogP contribution is 2.27. The summed E-state index contributed by atoms with van der Waals surface area (Å²) in [6.45, 7) is 5.20. The Morgan fingerprint density at radius 2 is 1.53 bits per heavy atom. The highest BCUT2D eigenvalue weighted by atomic mass is 32.2. The molecule has 0 spiro atoms. The molecule has 200 valence electrons. The number of rotatable bonds is 13. The van der Waals surface area contributed by atoms with Crippen molar-refractivity contribution in [3.63, 3.8) is 0 Å². The summed E-state index contributed by atoms with van der Waals surface area (Å²) in [6, 6.07) is 11.7. The average Bonchev–Trinajstić information content (AvgIpc) is 2.79. The molecule has 8 nitrogen and oxygen atoms in total. The fourth-order valence-electron chi connectivity index (χ4n) is 3.81. The number of nitrogens with zero attached hydrogens (tertiary/aromatic N) is 3. The monoisotopic (exact) mass is 520 g/mol. The van der Waals surface area contributed by atoms with Gasteiger partial charge in [0.2, 0.25) is 15.9 Å². The summed E-state index contributed by atoms with van der Waals surface area (Å²) < 4.78 is 39.1. The van der Waals surface area contributed by atoms with E-state index in [1.54, 1.807) is 45.0 Å². The lowest BCUT2D eigenvalue weighted by atomic mass is 10.1. The van der Waals surface area contributed by atoms with E-state index in [0.717, 1.165) is 23.0 Å². The molecular weight excluding hydrogens is 478 g/mol. The third-order valence-electron chi connectivity index (χ3n) is 6.05. The lowest BCUT2D eigenvalue weighted by molar-refractivity contribution is -0.870. The predicted octanol–water partition coefficient (Wildman–Crippen LogP) is 2.86. The van der Waals surface area contributed by atoms with E-state index in [1.165, 1.54) is 16.9 Å². The van der Waals surface area contributed by atoms with E-state index in [4.69, 9.17) is 9.47 Å². The lowest BCUT2D eigenvalue weighted by Gasteiger charge is -2.23. The van der Waals surface area contributed by atoms with Crippen LogP contribution in [0, 0.1) is 13.8 Å². The van der Waals surface area contributed by atoms with Gasteiger partial charge in [-0.25, -0.2) is 8.42 Å². The number of hydrogen-bond donors (Lipinski definition) is 0. The number of carbonyl (C=O) groups is 1. The van der Waals surface area contributed by atoms with Crippen molar-refractivity contribution >= 4 is 15.9 Å². The zero-order valence-corrected chi connectivity index (χ0v) is 23.8. The van der Waals surface area contributed by atoms with Crippen molar-refractivity contribution in [1.82, 2.24) is 9.21 Å². The molecule has 0 aromatic heterocycles. The summed E-state index contributed by atoms with van der Waals surface area (Å²) in [5, 5.41) is 0. The van der Waals surface area contributed by atoms with E-state index in [0.29, 0.717) is 23.4 Å². The molecule has 0 fully saturated rings. The van der Waals surface area contributed by atoms with Crippen molar-refractivity contribution in [1.29, 1.82) is 0 Å². The predicted molar refractivity (Wildman–Crippen MR) is 143 cm³/mol. The summed E-state index contributed by atoms with van der Waals surface area (Å²) in [5.74, 6) is 0.463. The summed E-state index contributed by atoms with van der Waals surface area (Å²) in [5.41, 5.74) is 3.58. The molecule has 36 heavy (non-hydrogen) atoms. The molecule has 0 atom stereocenters. The van der Waals surface area contributed by atoms with Gasteiger partial charge in [0.1, 0.15) is 12.4 Å². The zero-order valence-electron chi connectivity index (χ0n) is 23.0. The number of aryl methyl sites for hydroxylation is 2. The molecule has 0 bridgehead atoms. The van der Waals surface area contributed by atoms with Gasteiger partial charge in [-0.3, -0.25) is 4.79 Å². The molecular formula is C27H42N3O5S+. The molecule has 2 rings (SSSR count). The Balaban J connectivity index is 1.82. The van der Waals surface area contributed by atoms with Crippen LogP contribution < -0.4 is 4.74 Å². The summed E-state index contributed by atoms with van der Waals surface area (Å²) in [4.78, 5) is 14.4. The Kier molecular flexibility index (Phi) is 10.5. The number of benzene rings is 2. The fraction of sp³-hybridized carbons (Fsp3) is 0.519. The van der Waals surface area contributed by atoms with E-state index >= 15 is 0 Å². The Bertz CT molecular complexity index is 1100. The molecule has 0 aliphatic carbocycles. The highest BCUT2D eigenvalue weighted by Gasteiger charge is 2.25. The van der Waals surface area contributed by atoms with Crippen LogP contribution >= 0.6 is 0 Å². The fourth-order valence-corrected chi connectivity index (χ4v) is 5.37. The topological polar surface area (TPSA) is 76.1 Å². The van der Waals surface area contributed by atoms with Crippen LogP contribution in [0.5, 0.6) is 5.75 Å². The van der Waals surface area contributed by atoms with Gasteiger partial charge in [-0.05, 0) is 48.2 Å².